The van der Waals surface area contributed by atoms with Gasteiger partial charge in [-0.05, 0) is 69.9 Å². The summed E-state index contributed by atoms with van der Waals surface area (Å²) >= 11 is 0. The summed E-state index contributed by atoms with van der Waals surface area (Å²) in [6, 6.07) is 5.86. The lowest BCUT2D eigenvalue weighted by Crippen LogP contribution is -2.31. The zero-order chi connectivity index (χ0) is 17.1. The molecule has 0 amide bonds. The first kappa shape index (κ1) is 17.3. The molecule has 0 saturated heterocycles. The quantitative estimate of drug-likeness (QED) is 0.831. The Morgan fingerprint density at radius 2 is 1.91 bits per heavy atom. The fourth-order valence-electron chi connectivity index (χ4n) is 2.72. The van der Waals surface area contributed by atoms with E-state index < -0.39 is 6.10 Å². The monoisotopic (exact) mass is 314 g/mol. The van der Waals surface area contributed by atoms with Crippen LogP contribution in [-0.2, 0) is 6.42 Å². The molecule has 1 heterocycles. The molecule has 2 rings (SSSR count). The van der Waals surface area contributed by atoms with Crippen molar-refractivity contribution in [1.29, 1.82) is 0 Å². The summed E-state index contributed by atoms with van der Waals surface area (Å²) in [5.41, 5.74) is 5.37. The molecule has 0 aliphatic rings. The molecule has 0 spiro atoms. The highest BCUT2D eigenvalue weighted by Gasteiger charge is 2.22. The van der Waals surface area contributed by atoms with E-state index in [9.17, 15) is 4.79 Å². The van der Waals surface area contributed by atoms with E-state index in [0.29, 0.717) is 5.75 Å². The Morgan fingerprint density at radius 1 is 1.22 bits per heavy atom. The van der Waals surface area contributed by atoms with Crippen molar-refractivity contribution in [3.63, 3.8) is 0 Å². The number of ether oxygens (including phenoxy) is 1. The Balaban J connectivity index is 2.19. The van der Waals surface area contributed by atoms with Crippen LogP contribution in [0.15, 0.2) is 18.2 Å². The molecule has 0 radical (unpaired) electrons. The van der Waals surface area contributed by atoms with Gasteiger partial charge in [0.1, 0.15) is 5.75 Å². The van der Waals surface area contributed by atoms with Gasteiger partial charge in [-0.3, -0.25) is 4.79 Å². The molecule has 0 N–H and O–H groups in total. The van der Waals surface area contributed by atoms with Gasteiger partial charge in [-0.15, -0.1) is 0 Å². The SMILES string of the molecule is CCCc1c(C)nn(C(=O)C(C)Oc2ccc(C)c(C)c2)c1C. The first-order valence-electron chi connectivity index (χ1n) is 8.18. The van der Waals surface area contributed by atoms with E-state index >= 15 is 0 Å². The van der Waals surface area contributed by atoms with Crippen LogP contribution in [-0.4, -0.2) is 21.8 Å². The smallest absolute Gasteiger partial charge is 0.287 e. The summed E-state index contributed by atoms with van der Waals surface area (Å²) in [6.45, 7) is 11.9. The van der Waals surface area contributed by atoms with Crippen molar-refractivity contribution >= 4 is 5.91 Å². The van der Waals surface area contributed by atoms with E-state index in [-0.39, 0.29) is 5.91 Å². The highest BCUT2D eigenvalue weighted by molar-refractivity contribution is 5.83. The van der Waals surface area contributed by atoms with Gasteiger partial charge in [0.05, 0.1) is 5.69 Å². The number of carbonyl (C=O) groups is 1. The molecule has 4 heteroatoms. The van der Waals surface area contributed by atoms with E-state index in [1.165, 1.54) is 15.8 Å². The van der Waals surface area contributed by atoms with E-state index in [2.05, 4.69) is 18.9 Å². The van der Waals surface area contributed by atoms with E-state index in [1.807, 2.05) is 39.0 Å². The number of hydrogen-bond donors (Lipinski definition) is 0. The molecule has 1 aromatic carbocycles. The minimum Gasteiger partial charge on any atom is -0.481 e. The van der Waals surface area contributed by atoms with Crippen LogP contribution in [0.4, 0.5) is 0 Å². The molecule has 1 unspecified atom stereocenters. The molecule has 0 aliphatic carbocycles. The average Bonchev–Trinajstić information content (AvgIpc) is 2.78. The summed E-state index contributed by atoms with van der Waals surface area (Å²) < 4.78 is 7.31. The van der Waals surface area contributed by atoms with Crippen LogP contribution in [0.2, 0.25) is 0 Å². The van der Waals surface area contributed by atoms with Gasteiger partial charge >= 0.3 is 0 Å². The third-order valence-electron chi connectivity index (χ3n) is 4.29. The normalized spacial score (nSPS) is 12.3. The van der Waals surface area contributed by atoms with Gasteiger partial charge in [-0.1, -0.05) is 19.4 Å². The van der Waals surface area contributed by atoms with Crippen molar-refractivity contribution in [2.75, 3.05) is 0 Å². The van der Waals surface area contributed by atoms with Gasteiger partial charge in [0, 0.05) is 5.69 Å². The Morgan fingerprint density at radius 3 is 2.52 bits per heavy atom. The number of benzene rings is 1. The van der Waals surface area contributed by atoms with Gasteiger partial charge in [0.15, 0.2) is 6.10 Å². The summed E-state index contributed by atoms with van der Waals surface area (Å²) in [6.07, 6.45) is 1.40. The topological polar surface area (TPSA) is 44.1 Å². The van der Waals surface area contributed by atoms with Gasteiger partial charge in [-0.25, -0.2) is 4.68 Å². The minimum atomic E-state index is -0.579. The second kappa shape index (κ2) is 6.99. The molecule has 0 saturated carbocycles. The predicted octanol–water partition coefficient (Wildman–Crippen LogP) is 4.18. The summed E-state index contributed by atoms with van der Waals surface area (Å²) in [7, 11) is 0. The van der Waals surface area contributed by atoms with Crippen molar-refractivity contribution < 1.29 is 9.53 Å². The number of rotatable bonds is 5. The standard InChI is InChI=1S/C19H26N2O2/c1-7-8-18-14(4)20-21(15(18)5)19(22)16(6)23-17-10-9-12(2)13(3)11-17/h9-11,16H,7-8H2,1-6H3. The van der Waals surface area contributed by atoms with Crippen LogP contribution in [0.3, 0.4) is 0 Å². The molecular weight excluding hydrogens is 288 g/mol. The van der Waals surface area contributed by atoms with Gasteiger partial charge in [0.25, 0.3) is 5.91 Å². The highest BCUT2D eigenvalue weighted by atomic mass is 16.5. The Labute approximate surface area is 138 Å². The third kappa shape index (κ3) is 3.63. The van der Waals surface area contributed by atoms with Crippen molar-refractivity contribution in [2.45, 2.75) is 60.5 Å². The molecule has 1 aromatic heterocycles. The number of nitrogens with zero attached hydrogens (tertiary/aromatic N) is 2. The van der Waals surface area contributed by atoms with Gasteiger partial charge in [-0.2, -0.15) is 5.10 Å². The van der Waals surface area contributed by atoms with Crippen molar-refractivity contribution in [2.24, 2.45) is 0 Å². The third-order valence-corrected chi connectivity index (χ3v) is 4.29. The van der Waals surface area contributed by atoms with Gasteiger partial charge in [0.2, 0.25) is 0 Å². The molecule has 124 valence electrons. The second-order valence-corrected chi connectivity index (χ2v) is 6.16. The molecule has 23 heavy (non-hydrogen) atoms. The fraction of sp³-hybridized carbons (Fsp3) is 0.474. The summed E-state index contributed by atoms with van der Waals surface area (Å²) in [5.74, 6) is 0.579. The minimum absolute atomic E-state index is 0.133. The molecular formula is C19H26N2O2. The predicted molar refractivity (Wildman–Crippen MR) is 92.3 cm³/mol. The largest absolute Gasteiger partial charge is 0.481 e. The van der Waals surface area contributed by atoms with E-state index in [1.54, 1.807) is 6.92 Å². The van der Waals surface area contributed by atoms with E-state index in [0.717, 1.165) is 29.8 Å². The maximum absolute atomic E-state index is 12.7. The molecule has 1 atom stereocenters. The Hall–Kier alpha value is -2.10. The van der Waals surface area contributed by atoms with Crippen molar-refractivity contribution in [3.05, 3.63) is 46.3 Å². The number of carbonyl (C=O) groups excluding carboxylic acids is 1. The van der Waals surface area contributed by atoms with Crippen molar-refractivity contribution in [1.82, 2.24) is 9.78 Å². The van der Waals surface area contributed by atoms with Crippen LogP contribution in [0, 0.1) is 27.7 Å². The first-order valence-corrected chi connectivity index (χ1v) is 8.18. The number of hydrogen-bond acceptors (Lipinski definition) is 3. The first-order chi connectivity index (χ1) is 10.8. The maximum atomic E-state index is 12.7. The highest BCUT2D eigenvalue weighted by Crippen LogP contribution is 2.20. The second-order valence-electron chi connectivity index (χ2n) is 6.16. The van der Waals surface area contributed by atoms with Crippen molar-refractivity contribution in [3.8, 4) is 5.75 Å². The van der Waals surface area contributed by atoms with Crippen LogP contribution in [0.25, 0.3) is 0 Å². The van der Waals surface area contributed by atoms with E-state index in [4.69, 9.17) is 4.74 Å². The molecule has 0 aliphatic heterocycles. The van der Waals surface area contributed by atoms with Crippen LogP contribution >= 0.6 is 0 Å². The van der Waals surface area contributed by atoms with Gasteiger partial charge < -0.3 is 4.74 Å². The zero-order valence-electron chi connectivity index (χ0n) is 14.9. The van der Waals surface area contributed by atoms with Crippen LogP contribution in [0.5, 0.6) is 5.75 Å². The Kier molecular flexibility index (Phi) is 5.24. The number of aromatic nitrogens is 2. The van der Waals surface area contributed by atoms with Crippen LogP contribution in [0.1, 0.15) is 53.1 Å². The Bertz CT molecular complexity index is 716. The van der Waals surface area contributed by atoms with Crippen LogP contribution < -0.4 is 4.74 Å². The lowest BCUT2D eigenvalue weighted by molar-refractivity contribution is 0.0707. The summed E-state index contributed by atoms with van der Waals surface area (Å²) in [4.78, 5) is 12.7. The molecule has 0 bridgehead atoms. The zero-order valence-corrected chi connectivity index (χ0v) is 14.9. The lowest BCUT2D eigenvalue weighted by Gasteiger charge is -2.15. The fourth-order valence-corrected chi connectivity index (χ4v) is 2.72. The molecule has 4 nitrogen and oxygen atoms in total. The average molecular weight is 314 g/mol. The summed E-state index contributed by atoms with van der Waals surface area (Å²) in [5, 5.41) is 4.41. The number of aryl methyl sites for hydroxylation is 3. The molecule has 0 fully saturated rings. The maximum Gasteiger partial charge on any atom is 0.287 e. The lowest BCUT2D eigenvalue weighted by atomic mass is 10.1. The molecule has 2 aromatic rings.